The highest BCUT2D eigenvalue weighted by Crippen LogP contribution is 2.24. The van der Waals surface area contributed by atoms with E-state index < -0.39 is 6.36 Å². The van der Waals surface area contributed by atoms with E-state index in [-0.39, 0.29) is 24.1 Å². The third-order valence-corrected chi connectivity index (χ3v) is 4.64. The minimum Gasteiger partial charge on any atom is -0.406 e. The van der Waals surface area contributed by atoms with Gasteiger partial charge in [-0.15, -0.1) is 13.2 Å². The van der Waals surface area contributed by atoms with Crippen LogP contribution in [0.5, 0.6) is 5.75 Å². The van der Waals surface area contributed by atoms with E-state index in [4.69, 9.17) is 5.26 Å². The van der Waals surface area contributed by atoms with Crippen molar-refractivity contribution >= 4 is 17.5 Å². The highest BCUT2D eigenvalue weighted by atomic mass is 19.4. The number of halogens is 3. The molecule has 0 unspecified atom stereocenters. The van der Waals surface area contributed by atoms with Crippen molar-refractivity contribution in [2.45, 2.75) is 6.36 Å². The Morgan fingerprint density at radius 2 is 1.74 bits per heavy atom. The number of hydrogen-bond donors (Lipinski definition) is 1. The molecule has 1 saturated heterocycles. The number of anilines is 1. The summed E-state index contributed by atoms with van der Waals surface area (Å²) in [6.07, 6.45) is -4.77. The fourth-order valence-corrected chi connectivity index (χ4v) is 3.16. The van der Waals surface area contributed by atoms with Crippen molar-refractivity contribution in [3.8, 4) is 11.8 Å². The van der Waals surface area contributed by atoms with E-state index in [1.165, 1.54) is 12.1 Å². The number of carbonyl (C=O) groups excluding carboxylic acids is 2. The Morgan fingerprint density at radius 1 is 1.06 bits per heavy atom. The van der Waals surface area contributed by atoms with Crippen LogP contribution in [0, 0.1) is 11.3 Å². The molecule has 1 aliphatic rings. The molecule has 0 aliphatic carbocycles. The first-order valence-electron chi connectivity index (χ1n) is 9.41. The quantitative estimate of drug-likeness (QED) is 0.786. The number of amides is 2. The third-order valence-electron chi connectivity index (χ3n) is 4.64. The van der Waals surface area contributed by atoms with E-state index in [0.717, 1.165) is 12.1 Å². The molecule has 0 aromatic heterocycles. The van der Waals surface area contributed by atoms with Crippen LogP contribution in [-0.2, 0) is 4.79 Å². The lowest BCUT2D eigenvalue weighted by Gasteiger charge is -2.34. The zero-order valence-corrected chi connectivity index (χ0v) is 16.4. The van der Waals surface area contributed by atoms with Gasteiger partial charge in [0.2, 0.25) is 5.91 Å². The molecule has 1 N–H and O–H groups in total. The first kappa shape index (κ1) is 22.1. The molecule has 1 aliphatic heterocycles. The SMILES string of the molecule is N#Cc1cccc(C(=O)N2CCN(CC(=O)Nc3ccc(OC(F)(F)F)cc3)CC2)c1. The van der Waals surface area contributed by atoms with Gasteiger partial charge in [-0.3, -0.25) is 14.5 Å². The molecular formula is C21H19F3N4O3. The minimum atomic E-state index is -4.77. The number of rotatable bonds is 5. The summed E-state index contributed by atoms with van der Waals surface area (Å²) < 4.78 is 40.3. The molecule has 162 valence electrons. The van der Waals surface area contributed by atoms with Crippen molar-refractivity contribution in [3.05, 3.63) is 59.7 Å². The molecule has 0 radical (unpaired) electrons. The maximum atomic E-state index is 12.6. The number of carbonyl (C=O) groups is 2. The van der Waals surface area contributed by atoms with Crippen molar-refractivity contribution in [2.75, 3.05) is 38.0 Å². The molecule has 0 saturated carbocycles. The van der Waals surface area contributed by atoms with Crippen LogP contribution < -0.4 is 10.1 Å². The van der Waals surface area contributed by atoms with E-state index in [1.807, 2.05) is 11.0 Å². The molecule has 2 aromatic rings. The van der Waals surface area contributed by atoms with Crippen molar-refractivity contribution < 1.29 is 27.5 Å². The summed E-state index contributed by atoms with van der Waals surface area (Å²) in [4.78, 5) is 28.4. The molecule has 0 bridgehead atoms. The zero-order chi connectivity index (χ0) is 22.4. The highest BCUT2D eigenvalue weighted by Gasteiger charge is 2.31. The first-order valence-corrected chi connectivity index (χ1v) is 9.41. The maximum absolute atomic E-state index is 12.6. The number of alkyl halides is 3. The van der Waals surface area contributed by atoms with Gasteiger partial charge in [-0.1, -0.05) is 6.07 Å². The summed E-state index contributed by atoms with van der Waals surface area (Å²) in [6.45, 7) is 1.95. The predicted octanol–water partition coefficient (Wildman–Crippen LogP) is 2.85. The summed E-state index contributed by atoms with van der Waals surface area (Å²) >= 11 is 0. The summed E-state index contributed by atoms with van der Waals surface area (Å²) in [6, 6.07) is 13.4. The Hall–Kier alpha value is -3.58. The Labute approximate surface area is 176 Å². The van der Waals surface area contributed by atoms with Crippen LogP contribution in [0.2, 0.25) is 0 Å². The van der Waals surface area contributed by atoms with E-state index >= 15 is 0 Å². The lowest BCUT2D eigenvalue weighted by Crippen LogP contribution is -2.50. The normalized spacial score (nSPS) is 14.6. The second kappa shape index (κ2) is 9.49. The van der Waals surface area contributed by atoms with Gasteiger partial charge >= 0.3 is 6.36 Å². The molecule has 2 aromatic carbocycles. The van der Waals surface area contributed by atoms with Gasteiger partial charge in [0.1, 0.15) is 5.75 Å². The van der Waals surface area contributed by atoms with E-state index in [0.29, 0.717) is 43.0 Å². The Kier molecular flexibility index (Phi) is 6.77. The number of nitriles is 1. The number of hydrogen-bond acceptors (Lipinski definition) is 5. The summed E-state index contributed by atoms with van der Waals surface area (Å²) in [5.74, 6) is -0.847. The highest BCUT2D eigenvalue weighted by molar-refractivity contribution is 5.95. The van der Waals surface area contributed by atoms with Crippen molar-refractivity contribution in [3.63, 3.8) is 0 Å². The molecule has 10 heteroatoms. The summed E-state index contributed by atoms with van der Waals surface area (Å²) in [5, 5.41) is 11.6. The van der Waals surface area contributed by atoms with Crippen molar-refractivity contribution in [2.24, 2.45) is 0 Å². The average molecular weight is 432 g/mol. The van der Waals surface area contributed by atoms with Gasteiger partial charge in [0.25, 0.3) is 5.91 Å². The lowest BCUT2D eigenvalue weighted by atomic mass is 10.1. The Bertz CT molecular complexity index is 979. The summed E-state index contributed by atoms with van der Waals surface area (Å²) in [7, 11) is 0. The monoisotopic (exact) mass is 432 g/mol. The number of benzene rings is 2. The van der Waals surface area contributed by atoms with Crippen LogP contribution in [0.3, 0.4) is 0 Å². The van der Waals surface area contributed by atoms with Crippen LogP contribution in [0.1, 0.15) is 15.9 Å². The molecule has 0 spiro atoms. The van der Waals surface area contributed by atoms with E-state index in [9.17, 15) is 22.8 Å². The molecule has 31 heavy (non-hydrogen) atoms. The fraction of sp³-hybridized carbons (Fsp3) is 0.286. The minimum absolute atomic E-state index is 0.0900. The summed E-state index contributed by atoms with van der Waals surface area (Å²) in [5.41, 5.74) is 1.22. The fourth-order valence-electron chi connectivity index (χ4n) is 3.16. The molecule has 1 heterocycles. The van der Waals surface area contributed by atoms with Gasteiger partial charge in [-0.2, -0.15) is 5.26 Å². The zero-order valence-electron chi connectivity index (χ0n) is 16.4. The molecule has 3 rings (SSSR count). The van der Waals surface area contributed by atoms with E-state index in [2.05, 4.69) is 10.1 Å². The molecule has 1 fully saturated rings. The smallest absolute Gasteiger partial charge is 0.406 e. The number of nitrogens with one attached hydrogen (secondary N) is 1. The molecule has 0 atom stereocenters. The molecule has 2 amide bonds. The number of piperazine rings is 1. The number of nitrogens with zero attached hydrogens (tertiary/aromatic N) is 3. The van der Waals surface area contributed by atoms with Crippen LogP contribution in [0.4, 0.5) is 18.9 Å². The average Bonchev–Trinajstić information content (AvgIpc) is 2.74. The Balaban J connectivity index is 1.46. The van der Waals surface area contributed by atoms with Gasteiger partial charge in [0, 0.05) is 37.4 Å². The first-order chi connectivity index (χ1) is 14.7. The Morgan fingerprint density at radius 3 is 2.35 bits per heavy atom. The second-order valence-corrected chi connectivity index (χ2v) is 6.88. The van der Waals surface area contributed by atoms with Crippen molar-refractivity contribution in [1.29, 1.82) is 5.26 Å². The van der Waals surface area contributed by atoms with Crippen LogP contribution in [-0.4, -0.2) is 60.7 Å². The number of ether oxygens (including phenoxy) is 1. The third kappa shape index (κ3) is 6.45. The lowest BCUT2D eigenvalue weighted by molar-refractivity contribution is -0.274. The van der Waals surface area contributed by atoms with Crippen LogP contribution in [0.25, 0.3) is 0 Å². The molecule has 7 nitrogen and oxygen atoms in total. The van der Waals surface area contributed by atoms with Crippen LogP contribution in [0.15, 0.2) is 48.5 Å². The van der Waals surface area contributed by atoms with Crippen molar-refractivity contribution in [1.82, 2.24) is 9.80 Å². The standard InChI is InChI=1S/C21H19F3N4O3/c22-21(23,24)31-18-6-4-17(5-7-18)26-19(29)14-27-8-10-28(11-9-27)20(30)16-3-1-2-15(12-16)13-25/h1-7,12H,8-11,14H2,(H,26,29). The largest absolute Gasteiger partial charge is 0.573 e. The second-order valence-electron chi connectivity index (χ2n) is 6.88. The van der Waals surface area contributed by atoms with Crippen LogP contribution >= 0.6 is 0 Å². The van der Waals surface area contributed by atoms with Gasteiger partial charge < -0.3 is 15.0 Å². The van der Waals surface area contributed by atoms with Gasteiger partial charge in [0.15, 0.2) is 0 Å². The van der Waals surface area contributed by atoms with Gasteiger partial charge in [0.05, 0.1) is 18.2 Å². The molecular weight excluding hydrogens is 413 g/mol. The van der Waals surface area contributed by atoms with E-state index in [1.54, 1.807) is 29.2 Å². The maximum Gasteiger partial charge on any atom is 0.573 e. The predicted molar refractivity (Wildman–Crippen MR) is 105 cm³/mol. The topological polar surface area (TPSA) is 85.7 Å². The van der Waals surface area contributed by atoms with Gasteiger partial charge in [-0.25, -0.2) is 0 Å². The van der Waals surface area contributed by atoms with Gasteiger partial charge in [-0.05, 0) is 42.5 Å².